The second-order valence-electron chi connectivity index (χ2n) is 3.17. The Labute approximate surface area is 86.7 Å². The molecular formula is C12H11F3. The van der Waals surface area contributed by atoms with Gasteiger partial charge in [0.05, 0.1) is 5.57 Å². The Morgan fingerprint density at radius 3 is 2.53 bits per heavy atom. The number of rotatable bonds is 3. The Hall–Kier alpha value is -1.51. The average Bonchev–Trinajstić information content (AvgIpc) is 2.16. The van der Waals surface area contributed by atoms with Crippen molar-refractivity contribution < 1.29 is 13.2 Å². The first kappa shape index (κ1) is 11.6. The standard InChI is InChI=1S/C12H11F3/c1-3-5-10-6-4-7-11(8-10)9(2)12(13,14)15/h3-4,6-8H,1-2,5H2. The van der Waals surface area contributed by atoms with Gasteiger partial charge in [-0.05, 0) is 17.5 Å². The highest BCUT2D eigenvalue weighted by molar-refractivity contribution is 5.67. The molecular weight excluding hydrogens is 201 g/mol. The lowest BCUT2D eigenvalue weighted by Crippen LogP contribution is -2.09. The van der Waals surface area contributed by atoms with Gasteiger partial charge in [-0.2, -0.15) is 13.2 Å². The molecule has 0 saturated heterocycles. The predicted octanol–water partition coefficient (Wildman–Crippen LogP) is 3.99. The van der Waals surface area contributed by atoms with E-state index in [1.165, 1.54) is 12.1 Å². The van der Waals surface area contributed by atoms with Crippen LogP contribution in [0.1, 0.15) is 11.1 Å². The van der Waals surface area contributed by atoms with E-state index >= 15 is 0 Å². The molecule has 0 aliphatic rings. The Balaban J connectivity index is 3.00. The molecule has 0 aliphatic carbocycles. The van der Waals surface area contributed by atoms with Crippen molar-refractivity contribution in [3.8, 4) is 0 Å². The van der Waals surface area contributed by atoms with Gasteiger partial charge in [0.15, 0.2) is 0 Å². The zero-order valence-electron chi connectivity index (χ0n) is 8.14. The number of hydrogen-bond acceptors (Lipinski definition) is 0. The van der Waals surface area contributed by atoms with E-state index in [1.54, 1.807) is 18.2 Å². The maximum atomic E-state index is 12.3. The van der Waals surface area contributed by atoms with Gasteiger partial charge in [0.25, 0.3) is 0 Å². The highest BCUT2D eigenvalue weighted by Gasteiger charge is 2.32. The van der Waals surface area contributed by atoms with Crippen molar-refractivity contribution in [3.63, 3.8) is 0 Å². The zero-order chi connectivity index (χ0) is 11.5. The normalized spacial score (nSPS) is 11.1. The lowest BCUT2D eigenvalue weighted by molar-refractivity contribution is -0.0686. The summed E-state index contributed by atoms with van der Waals surface area (Å²) in [7, 11) is 0. The summed E-state index contributed by atoms with van der Waals surface area (Å²) >= 11 is 0. The van der Waals surface area contributed by atoms with Gasteiger partial charge in [-0.1, -0.05) is 36.9 Å². The Kier molecular flexibility index (Phi) is 3.35. The molecule has 1 aromatic carbocycles. The van der Waals surface area contributed by atoms with Crippen LogP contribution in [0.3, 0.4) is 0 Å². The van der Waals surface area contributed by atoms with Crippen molar-refractivity contribution in [2.75, 3.05) is 0 Å². The molecule has 1 aromatic rings. The van der Waals surface area contributed by atoms with Gasteiger partial charge in [-0.3, -0.25) is 0 Å². The Morgan fingerprint density at radius 2 is 2.00 bits per heavy atom. The van der Waals surface area contributed by atoms with Crippen LogP contribution in [0.5, 0.6) is 0 Å². The Morgan fingerprint density at radius 1 is 1.33 bits per heavy atom. The fourth-order valence-corrected chi connectivity index (χ4v) is 1.22. The number of allylic oxidation sites excluding steroid dienone is 2. The van der Waals surface area contributed by atoms with Crippen molar-refractivity contribution >= 4 is 5.57 Å². The molecule has 0 fully saturated rings. The van der Waals surface area contributed by atoms with Crippen LogP contribution in [0.2, 0.25) is 0 Å². The van der Waals surface area contributed by atoms with E-state index < -0.39 is 11.7 Å². The van der Waals surface area contributed by atoms with Crippen LogP contribution in [0.25, 0.3) is 5.57 Å². The fraction of sp³-hybridized carbons (Fsp3) is 0.167. The smallest absolute Gasteiger partial charge is 0.166 e. The second kappa shape index (κ2) is 4.34. The van der Waals surface area contributed by atoms with E-state index in [0.717, 1.165) is 5.56 Å². The van der Waals surface area contributed by atoms with Crippen LogP contribution in [-0.4, -0.2) is 6.18 Å². The van der Waals surface area contributed by atoms with Crippen molar-refractivity contribution in [3.05, 3.63) is 54.6 Å². The number of benzene rings is 1. The minimum atomic E-state index is -4.37. The van der Waals surface area contributed by atoms with E-state index in [4.69, 9.17) is 0 Å². The van der Waals surface area contributed by atoms with Gasteiger partial charge in [0.2, 0.25) is 0 Å². The number of alkyl halides is 3. The zero-order valence-corrected chi connectivity index (χ0v) is 8.14. The molecule has 0 N–H and O–H groups in total. The highest BCUT2D eigenvalue weighted by atomic mass is 19.4. The monoisotopic (exact) mass is 212 g/mol. The third kappa shape index (κ3) is 2.98. The maximum Gasteiger partial charge on any atom is 0.416 e. The summed E-state index contributed by atoms with van der Waals surface area (Å²) in [6.45, 7) is 6.58. The first-order valence-electron chi connectivity index (χ1n) is 4.41. The summed E-state index contributed by atoms with van der Waals surface area (Å²) in [5.74, 6) is 0. The van der Waals surface area contributed by atoms with Crippen LogP contribution >= 0.6 is 0 Å². The van der Waals surface area contributed by atoms with E-state index in [0.29, 0.717) is 6.42 Å². The van der Waals surface area contributed by atoms with Gasteiger partial charge in [-0.25, -0.2) is 0 Å². The van der Waals surface area contributed by atoms with Crippen molar-refractivity contribution in [1.29, 1.82) is 0 Å². The lowest BCUT2D eigenvalue weighted by atomic mass is 10.0. The summed E-state index contributed by atoms with van der Waals surface area (Å²) in [4.78, 5) is 0. The minimum Gasteiger partial charge on any atom is -0.166 e. The fourth-order valence-electron chi connectivity index (χ4n) is 1.22. The van der Waals surface area contributed by atoms with E-state index in [-0.39, 0.29) is 5.56 Å². The van der Waals surface area contributed by atoms with Crippen molar-refractivity contribution in [2.45, 2.75) is 12.6 Å². The third-order valence-corrected chi connectivity index (χ3v) is 2.00. The van der Waals surface area contributed by atoms with Crippen LogP contribution < -0.4 is 0 Å². The number of hydrogen-bond donors (Lipinski definition) is 0. The van der Waals surface area contributed by atoms with Gasteiger partial charge in [0, 0.05) is 0 Å². The molecule has 3 heteroatoms. The molecule has 0 bridgehead atoms. The van der Waals surface area contributed by atoms with Crippen LogP contribution in [0.15, 0.2) is 43.5 Å². The largest absolute Gasteiger partial charge is 0.416 e. The van der Waals surface area contributed by atoms with Crippen LogP contribution in [-0.2, 0) is 6.42 Å². The summed E-state index contributed by atoms with van der Waals surface area (Å²) in [5, 5.41) is 0. The molecule has 0 aromatic heterocycles. The SMILES string of the molecule is C=CCc1cccc(C(=C)C(F)(F)F)c1. The molecule has 0 spiro atoms. The van der Waals surface area contributed by atoms with Gasteiger partial charge in [-0.15, -0.1) is 6.58 Å². The van der Waals surface area contributed by atoms with Crippen molar-refractivity contribution in [2.24, 2.45) is 0 Å². The van der Waals surface area contributed by atoms with Crippen LogP contribution in [0.4, 0.5) is 13.2 Å². The first-order valence-corrected chi connectivity index (χ1v) is 4.41. The topological polar surface area (TPSA) is 0 Å². The quantitative estimate of drug-likeness (QED) is 0.664. The molecule has 0 heterocycles. The second-order valence-corrected chi connectivity index (χ2v) is 3.17. The number of halogens is 3. The maximum absolute atomic E-state index is 12.3. The molecule has 0 nitrogen and oxygen atoms in total. The lowest BCUT2D eigenvalue weighted by Gasteiger charge is -2.10. The molecule has 0 saturated carbocycles. The molecule has 0 unspecified atom stereocenters. The molecule has 0 atom stereocenters. The van der Waals surface area contributed by atoms with E-state index in [1.807, 2.05) is 0 Å². The first-order chi connectivity index (χ1) is 6.95. The van der Waals surface area contributed by atoms with Gasteiger partial charge < -0.3 is 0 Å². The van der Waals surface area contributed by atoms with Gasteiger partial charge >= 0.3 is 6.18 Å². The Bertz CT molecular complexity index is 375. The average molecular weight is 212 g/mol. The van der Waals surface area contributed by atoms with Crippen LogP contribution in [0, 0.1) is 0 Å². The molecule has 0 radical (unpaired) electrons. The van der Waals surface area contributed by atoms with Gasteiger partial charge in [0.1, 0.15) is 0 Å². The third-order valence-electron chi connectivity index (χ3n) is 2.00. The minimum absolute atomic E-state index is 0.113. The molecule has 1 rings (SSSR count). The highest BCUT2D eigenvalue weighted by Crippen LogP contribution is 2.32. The summed E-state index contributed by atoms with van der Waals surface area (Å²) in [5.41, 5.74) is 0.100. The summed E-state index contributed by atoms with van der Waals surface area (Å²) in [6.07, 6.45) is -2.17. The summed E-state index contributed by atoms with van der Waals surface area (Å²) in [6, 6.07) is 6.24. The van der Waals surface area contributed by atoms with Crippen molar-refractivity contribution in [1.82, 2.24) is 0 Å². The summed E-state index contributed by atoms with van der Waals surface area (Å²) < 4.78 is 37.0. The molecule has 0 aliphatic heterocycles. The molecule has 0 amide bonds. The molecule has 15 heavy (non-hydrogen) atoms. The van der Waals surface area contributed by atoms with E-state index in [9.17, 15) is 13.2 Å². The predicted molar refractivity (Wildman–Crippen MR) is 55.4 cm³/mol. The van der Waals surface area contributed by atoms with E-state index in [2.05, 4.69) is 13.2 Å². The molecule has 80 valence electrons.